The van der Waals surface area contributed by atoms with Gasteiger partial charge in [0.15, 0.2) is 5.78 Å². The first-order valence-electron chi connectivity index (χ1n) is 5.21. The highest BCUT2D eigenvalue weighted by Gasteiger charge is 2.39. The molecule has 1 N–H and O–H groups in total. The molecule has 0 radical (unpaired) electrons. The monoisotopic (exact) mass is 184 g/mol. The fraction of sp³-hybridized carbons (Fsp3) is 0.909. The van der Waals surface area contributed by atoms with Crippen LogP contribution in [0.25, 0.3) is 0 Å². The zero-order chi connectivity index (χ0) is 10.2. The predicted octanol–water partition coefficient (Wildman–Crippen LogP) is 0.667. The van der Waals surface area contributed by atoms with Crippen LogP contribution in [0.3, 0.4) is 0 Å². The van der Waals surface area contributed by atoms with Crippen LogP contribution in [0.15, 0.2) is 0 Å². The van der Waals surface area contributed by atoms with E-state index >= 15 is 0 Å². The zero-order valence-corrected chi connectivity index (χ0v) is 9.48. The molecule has 2 nitrogen and oxygen atoms in total. The summed E-state index contributed by atoms with van der Waals surface area (Å²) < 4.78 is 0. The molecule has 76 valence electrons. The van der Waals surface area contributed by atoms with Crippen molar-refractivity contribution in [1.82, 2.24) is 0 Å². The van der Waals surface area contributed by atoms with E-state index in [1.54, 1.807) is 0 Å². The van der Waals surface area contributed by atoms with Crippen molar-refractivity contribution in [3.8, 4) is 0 Å². The van der Waals surface area contributed by atoms with E-state index in [4.69, 9.17) is 0 Å². The third-order valence-corrected chi connectivity index (χ3v) is 3.09. The Hall–Kier alpha value is -0.370. The summed E-state index contributed by atoms with van der Waals surface area (Å²) in [6, 6.07) is 0.191. The van der Waals surface area contributed by atoms with E-state index in [-0.39, 0.29) is 11.6 Å². The Morgan fingerprint density at radius 3 is 2.31 bits per heavy atom. The Kier molecular flexibility index (Phi) is 2.81. The number of piperidine rings is 1. The van der Waals surface area contributed by atoms with Gasteiger partial charge >= 0.3 is 0 Å². The van der Waals surface area contributed by atoms with Crippen molar-refractivity contribution < 1.29 is 9.69 Å². The number of hydrogen-bond acceptors (Lipinski definition) is 1. The maximum atomic E-state index is 11.6. The van der Waals surface area contributed by atoms with Gasteiger partial charge in [-0.1, -0.05) is 6.92 Å². The molecular weight excluding hydrogens is 162 g/mol. The van der Waals surface area contributed by atoms with Crippen LogP contribution in [0, 0.1) is 5.92 Å². The van der Waals surface area contributed by atoms with E-state index in [2.05, 4.69) is 34.6 Å². The lowest BCUT2D eigenvalue weighted by Crippen LogP contribution is -3.24. The van der Waals surface area contributed by atoms with Crippen LogP contribution >= 0.6 is 0 Å². The van der Waals surface area contributed by atoms with Crippen LogP contribution < -0.4 is 4.90 Å². The topological polar surface area (TPSA) is 21.5 Å². The van der Waals surface area contributed by atoms with Crippen molar-refractivity contribution in [3.05, 3.63) is 0 Å². The molecule has 0 aromatic rings. The molecule has 0 aromatic heterocycles. The van der Waals surface area contributed by atoms with Crippen molar-refractivity contribution in [2.45, 2.75) is 52.6 Å². The van der Waals surface area contributed by atoms with Gasteiger partial charge in [0.05, 0.1) is 12.1 Å². The minimum atomic E-state index is 0.191. The number of likely N-dealkylation sites (tertiary alicyclic amines) is 1. The van der Waals surface area contributed by atoms with Gasteiger partial charge in [0.1, 0.15) is 6.04 Å². The molecule has 1 fully saturated rings. The molecule has 0 aliphatic carbocycles. The number of quaternary nitrogens is 1. The van der Waals surface area contributed by atoms with E-state index in [1.165, 1.54) is 4.90 Å². The second-order valence-electron chi connectivity index (χ2n) is 5.48. The Morgan fingerprint density at radius 1 is 1.31 bits per heavy atom. The summed E-state index contributed by atoms with van der Waals surface area (Å²) in [5, 5.41) is 0. The molecule has 13 heavy (non-hydrogen) atoms. The van der Waals surface area contributed by atoms with Crippen LogP contribution in [0.4, 0.5) is 0 Å². The molecule has 0 spiro atoms. The number of ketones is 1. The highest BCUT2D eigenvalue weighted by Crippen LogP contribution is 2.09. The zero-order valence-electron chi connectivity index (χ0n) is 9.48. The highest BCUT2D eigenvalue weighted by atomic mass is 16.1. The van der Waals surface area contributed by atoms with Gasteiger partial charge in [0.25, 0.3) is 0 Å². The summed E-state index contributed by atoms with van der Waals surface area (Å²) in [7, 11) is 0. The maximum Gasteiger partial charge on any atom is 0.190 e. The molecule has 2 heteroatoms. The van der Waals surface area contributed by atoms with E-state index < -0.39 is 0 Å². The van der Waals surface area contributed by atoms with Gasteiger partial charge in [-0.25, -0.2) is 0 Å². The van der Waals surface area contributed by atoms with Crippen molar-refractivity contribution in [2.24, 2.45) is 5.92 Å². The summed E-state index contributed by atoms with van der Waals surface area (Å²) >= 11 is 0. The summed E-state index contributed by atoms with van der Waals surface area (Å²) in [4.78, 5) is 13.1. The third-order valence-electron chi connectivity index (χ3n) is 3.09. The molecule has 1 aliphatic heterocycles. The smallest absolute Gasteiger partial charge is 0.190 e. The third kappa shape index (κ3) is 2.31. The van der Waals surface area contributed by atoms with Gasteiger partial charge in [0, 0.05) is 12.3 Å². The minimum absolute atomic E-state index is 0.191. The number of carbonyl (C=O) groups is 1. The van der Waals surface area contributed by atoms with Crippen LogP contribution in [0.5, 0.6) is 0 Å². The normalized spacial score (nSPS) is 36.4. The fourth-order valence-corrected chi connectivity index (χ4v) is 2.29. The predicted molar refractivity (Wildman–Crippen MR) is 53.8 cm³/mol. The lowest BCUT2D eigenvalue weighted by atomic mass is 9.89. The number of nitrogens with one attached hydrogen (secondary N) is 1. The average molecular weight is 184 g/mol. The van der Waals surface area contributed by atoms with Gasteiger partial charge in [-0.15, -0.1) is 0 Å². The number of Topliss-reactive ketones (excluding diaryl/α,β-unsaturated/α-hetero) is 1. The van der Waals surface area contributed by atoms with Gasteiger partial charge in [-0.3, -0.25) is 4.79 Å². The maximum absolute atomic E-state index is 11.6. The molecule has 0 saturated carbocycles. The summed E-state index contributed by atoms with van der Waals surface area (Å²) in [6.07, 6.45) is 0.779. The lowest BCUT2D eigenvalue weighted by molar-refractivity contribution is -0.965. The first-order chi connectivity index (χ1) is 5.82. The van der Waals surface area contributed by atoms with E-state index in [0.29, 0.717) is 11.7 Å². The summed E-state index contributed by atoms with van der Waals surface area (Å²) in [5.74, 6) is 0.988. The highest BCUT2D eigenvalue weighted by molar-refractivity contribution is 5.83. The average Bonchev–Trinajstić information content (AvgIpc) is 1.94. The molecule has 1 rings (SSSR count). The van der Waals surface area contributed by atoms with Crippen molar-refractivity contribution in [3.63, 3.8) is 0 Å². The summed E-state index contributed by atoms with van der Waals surface area (Å²) in [6.45, 7) is 12.0. The lowest BCUT2D eigenvalue weighted by Gasteiger charge is -2.41. The van der Waals surface area contributed by atoms with Gasteiger partial charge in [0.2, 0.25) is 0 Å². The molecular formula is C11H22NO+. The van der Waals surface area contributed by atoms with Crippen LogP contribution in [0.1, 0.15) is 41.0 Å². The quantitative estimate of drug-likeness (QED) is 0.587. The molecule has 3 atom stereocenters. The molecule has 0 aromatic carbocycles. The van der Waals surface area contributed by atoms with E-state index in [1.807, 2.05) is 0 Å². The second kappa shape index (κ2) is 3.41. The number of rotatable bonds is 0. The molecule has 1 heterocycles. The largest absolute Gasteiger partial charge is 0.322 e. The number of carbonyl (C=O) groups excluding carboxylic acids is 1. The first-order valence-corrected chi connectivity index (χ1v) is 5.21. The van der Waals surface area contributed by atoms with Crippen molar-refractivity contribution in [2.75, 3.05) is 6.54 Å². The standard InChI is InChI=1S/C11H21NO/c1-8-6-10(13)9(2)12(7-8)11(3,4)5/h8-9H,6-7H2,1-5H3/p+1/t8-,9-/m0/s1. The molecule has 0 bridgehead atoms. The van der Waals surface area contributed by atoms with Crippen LogP contribution in [-0.4, -0.2) is 23.9 Å². The van der Waals surface area contributed by atoms with Crippen LogP contribution in [0.2, 0.25) is 0 Å². The SMILES string of the molecule is C[C@H]1CC(=O)[C@H](C)[NH+](C(C)(C)C)C1. The van der Waals surface area contributed by atoms with Gasteiger partial charge in [-0.2, -0.15) is 0 Å². The van der Waals surface area contributed by atoms with Crippen molar-refractivity contribution >= 4 is 5.78 Å². The Bertz CT molecular complexity index is 205. The number of hydrogen-bond donors (Lipinski definition) is 1. The van der Waals surface area contributed by atoms with Crippen molar-refractivity contribution in [1.29, 1.82) is 0 Å². The van der Waals surface area contributed by atoms with E-state index in [0.717, 1.165) is 13.0 Å². The van der Waals surface area contributed by atoms with Gasteiger partial charge < -0.3 is 4.90 Å². The summed E-state index contributed by atoms with van der Waals surface area (Å²) in [5.41, 5.74) is 0.198. The second-order valence-corrected chi connectivity index (χ2v) is 5.48. The molecule has 1 aliphatic rings. The molecule has 1 saturated heterocycles. The Labute approximate surface area is 81.3 Å². The first kappa shape index (κ1) is 10.7. The molecule has 1 unspecified atom stereocenters. The fourth-order valence-electron chi connectivity index (χ4n) is 2.29. The Morgan fingerprint density at radius 2 is 1.85 bits per heavy atom. The Balaban J connectivity index is 2.78. The van der Waals surface area contributed by atoms with Gasteiger partial charge in [-0.05, 0) is 27.7 Å². The van der Waals surface area contributed by atoms with E-state index in [9.17, 15) is 4.79 Å². The van der Waals surface area contributed by atoms with Crippen LogP contribution in [-0.2, 0) is 4.79 Å². The minimum Gasteiger partial charge on any atom is -0.322 e. The molecule has 0 amide bonds.